The Kier molecular flexibility index (Phi) is 5.25. The molecule has 0 aromatic heterocycles. The number of hydrogen-bond acceptors (Lipinski definition) is 3. The van der Waals surface area contributed by atoms with Crippen molar-refractivity contribution in [3.8, 4) is 0 Å². The lowest BCUT2D eigenvalue weighted by Crippen LogP contribution is -2.43. The molecule has 0 bridgehead atoms. The Labute approximate surface area is 151 Å². The second kappa shape index (κ2) is 7.23. The van der Waals surface area contributed by atoms with E-state index in [1.165, 1.54) is 0 Å². The summed E-state index contributed by atoms with van der Waals surface area (Å²) in [5, 5.41) is 3.13. The summed E-state index contributed by atoms with van der Waals surface area (Å²) in [5.74, 6) is 0.0976. The number of aryl methyl sites for hydroxylation is 1. The first-order valence-corrected chi connectivity index (χ1v) is 9.36. The summed E-state index contributed by atoms with van der Waals surface area (Å²) in [7, 11) is 0. The van der Waals surface area contributed by atoms with E-state index in [9.17, 15) is 9.59 Å². The number of carbonyl (C=O) groups excluding carboxylic acids is 2. The van der Waals surface area contributed by atoms with Gasteiger partial charge in [-0.3, -0.25) is 9.59 Å². The van der Waals surface area contributed by atoms with E-state index in [4.69, 9.17) is 5.73 Å². The van der Waals surface area contributed by atoms with E-state index in [2.05, 4.69) is 21.2 Å². The van der Waals surface area contributed by atoms with Gasteiger partial charge in [-0.25, -0.2) is 0 Å². The maximum Gasteiger partial charge on any atom is 0.227 e. The van der Waals surface area contributed by atoms with Gasteiger partial charge in [-0.15, -0.1) is 0 Å². The van der Waals surface area contributed by atoms with Crippen molar-refractivity contribution in [1.29, 1.82) is 0 Å². The first-order valence-electron chi connectivity index (χ1n) is 8.56. The maximum absolute atomic E-state index is 12.6. The summed E-state index contributed by atoms with van der Waals surface area (Å²) >= 11 is 3.47. The Morgan fingerprint density at radius 2 is 2.21 bits per heavy atom. The zero-order valence-corrected chi connectivity index (χ0v) is 15.5. The van der Waals surface area contributed by atoms with Crippen LogP contribution in [0.25, 0.3) is 0 Å². The summed E-state index contributed by atoms with van der Waals surface area (Å²) in [5.41, 5.74) is 7.71. The van der Waals surface area contributed by atoms with Gasteiger partial charge in [0.2, 0.25) is 11.8 Å². The molecule has 1 saturated carbocycles. The third-order valence-electron chi connectivity index (χ3n) is 5.24. The Morgan fingerprint density at radius 3 is 2.92 bits per heavy atom. The SMILES string of the molecule is Cc1cc(N2CC(C(=O)NC3CCCC3CN)CC2=O)ccc1Br. The fourth-order valence-electron chi connectivity index (χ4n) is 3.74. The standard InChI is InChI=1S/C18H24BrN3O2/c1-11-7-14(5-6-15(11)19)22-10-13(8-17(22)23)18(24)21-16-4-2-3-12(16)9-20/h5-7,12-13,16H,2-4,8-10,20H2,1H3,(H,21,24). The topological polar surface area (TPSA) is 75.4 Å². The first kappa shape index (κ1) is 17.4. The molecule has 2 fully saturated rings. The van der Waals surface area contributed by atoms with Crippen LogP contribution in [-0.2, 0) is 9.59 Å². The van der Waals surface area contributed by atoms with Crippen LogP contribution < -0.4 is 16.0 Å². The highest BCUT2D eigenvalue weighted by molar-refractivity contribution is 9.10. The van der Waals surface area contributed by atoms with Crippen molar-refractivity contribution >= 4 is 33.4 Å². The highest BCUT2D eigenvalue weighted by Crippen LogP contribution is 2.30. The van der Waals surface area contributed by atoms with Gasteiger partial charge < -0.3 is 16.0 Å². The van der Waals surface area contributed by atoms with Crippen LogP contribution in [0.3, 0.4) is 0 Å². The smallest absolute Gasteiger partial charge is 0.227 e. The van der Waals surface area contributed by atoms with E-state index in [0.717, 1.165) is 35.0 Å². The van der Waals surface area contributed by atoms with Crippen LogP contribution >= 0.6 is 15.9 Å². The third kappa shape index (κ3) is 3.49. The first-order chi connectivity index (χ1) is 11.5. The maximum atomic E-state index is 12.6. The molecule has 1 aliphatic carbocycles. The van der Waals surface area contributed by atoms with Gasteiger partial charge in [-0.05, 0) is 56.0 Å². The van der Waals surface area contributed by atoms with Crippen molar-refractivity contribution in [1.82, 2.24) is 5.32 Å². The zero-order valence-electron chi connectivity index (χ0n) is 13.9. The molecule has 3 atom stereocenters. The van der Waals surface area contributed by atoms with Gasteiger partial charge in [0.15, 0.2) is 0 Å². The van der Waals surface area contributed by atoms with E-state index in [0.29, 0.717) is 19.0 Å². The molecule has 1 heterocycles. The van der Waals surface area contributed by atoms with Crippen molar-refractivity contribution in [3.05, 3.63) is 28.2 Å². The van der Waals surface area contributed by atoms with Crippen LogP contribution in [0.4, 0.5) is 5.69 Å². The Balaban J connectivity index is 1.65. The van der Waals surface area contributed by atoms with E-state index in [-0.39, 0.29) is 30.2 Å². The number of amides is 2. The number of carbonyl (C=O) groups is 2. The van der Waals surface area contributed by atoms with Gasteiger partial charge in [0.1, 0.15) is 0 Å². The molecule has 3 unspecified atom stereocenters. The molecule has 0 spiro atoms. The van der Waals surface area contributed by atoms with Gasteiger partial charge in [0, 0.05) is 29.2 Å². The number of nitrogens with two attached hydrogens (primary N) is 1. The number of halogens is 1. The Morgan fingerprint density at radius 1 is 1.42 bits per heavy atom. The molecular weight excluding hydrogens is 370 g/mol. The molecule has 130 valence electrons. The quantitative estimate of drug-likeness (QED) is 0.823. The van der Waals surface area contributed by atoms with Crippen molar-refractivity contribution in [3.63, 3.8) is 0 Å². The monoisotopic (exact) mass is 393 g/mol. The summed E-state index contributed by atoms with van der Waals surface area (Å²) in [6, 6.07) is 6.00. The minimum atomic E-state index is -0.277. The number of hydrogen-bond donors (Lipinski definition) is 2. The fraction of sp³-hybridized carbons (Fsp3) is 0.556. The minimum absolute atomic E-state index is 0.00923. The van der Waals surface area contributed by atoms with Gasteiger partial charge in [-0.2, -0.15) is 0 Å². The van der Waals surface area contributed by atoms with Gasteiger partial charge in [-0.1, -0.05) is 22.4 Å². The van der Waals surface area contributed by atoms with Gasteiger partial charge in [0.05, 0.1) is 5.92 Å². The van der Waals surface area contributed by atoms with Crippen molar-refractivity contribution < 1.29 is 9.59 Å². The van der Waals surface area contributed by atoms with Gasteiger partial charge in [0.25, 0.3) is 0 Å². The second-order valence-electron chi connectivity index (χ2n) is 6.88. The fourth-order valence-corrected chi connectivity index (χ4v) is 3.99. The predicted octanol–water partition coefficient (Wildman–Crippen LogP) is 2.35. The van der Waals surface area contributed by atoms with Crippen LogP contribution in [0.2, 0.25) is 0 Å². The molecule has 3 N–H and O–H groups in total. The average Bonchev–Trinajstić information content (AvgIpc) is 3.16. The summed E-state index contributed by atoms with van der Waals surface area (Å²) in [4.78, 5) is 26.6. The minimum Gasteiger partial charge on any atom is -0.353 e. The molecule has 2 amide bonds. The zero-order chi connectivity index (χ0) is 17.3. The van der Waals surface area contributed by atoms with Crippen molar-refractivity contribution in [2.24, 2.45) is 17.6 Å². The molecule has 6 heteroatoms. The average molecular weight is 394 g/mol. The lowest BCUT2D eigenvalue weighted by atomic mass is 10.0. The van der Waals surface area contributed by atoms with Crippen LogP contribution in [-0.4, -0.2) is 30.9 Å². The predicted molar refractivity (Wildman–Crippen MR) is 97.7 cm³/mol. The normalized spacial score (nSPS) is 26.9. The number of anilines is 1. The Hall–Kier alpha value is -1.40. The lowest BCUT2D eigenvalue weighted by Gasteiger charge is -2.22. The number of nitrogens with zero attached hydrogens (tertiary/aromatic N) is 1. The number of nitrogens with one attached hydrogen (secondary N) is 1. The van der Waals surface area contributed by atoms with Crippen LogP contribution in [0.15, 0.2) is 22.7 Å². The van der Waals surface area contributed by atoms with Crippen LogP contribution in [0.1, 0.15) is 31.2 Å². The van der Waals surface area contributed by atoms with Crippen molar-refractivity contribution in [2.75, 3.05) is 18.0 Å². The summed E-state index contributed by atoms with van der Waals surface area (Å²) < 4.78 is 1.02. The van der Waals surface area contributed by atoms with E-state index in [1.807, 2.05) is 25.1 Å². The third-order valence-corrected chi connectivity index (χ3v) is 6.13. The number of benzene rings is 1. The van der Waals surface area contributed by atoms with Crippen LogP contribution in [0.5, 0.6) is 0 Å². The van der Waals surface area contributed by atoms with E-state index >= 15 is 0 Å². The molecule has 2 aliphatic rings. The molecular formula is C18H24BrN3O2. The van der Waals surface area contributed by atoms with Crippen LogP contribution in [0, 0.1) is 18.8 Å². The molecule has 1 saturated heterocycles. The highest BCUT2D eigenvalue weighted by atomic mass is 79.9. The molecule has 3 rings (SSSR count). The van der Waals surface area contributed by atoms with Crippen molar-refractivity contribution in [2.45, 2.75) is 38.6 Å². The highest BCUT2D eigenvalue weighted by Gasteiger charge is 2.37. The second-order valence-corrected chi connectivity index (χ2v) is 7.73. The summed E-state index contributed by atoms with van der Waals surface area (Å²) in [6.07, 6.45) is 3.46. The molecule has 0 radical (unpaired) electrons. The largest absolute Gasteiger partial charge is 0.353 e. The molecule has 5 nitrogen and oxygen atoms in total. The molecule has 1 aromatic carbocycles. The molecule has 1 aliphatic heterocycles. The van der Waals surface area contributed by atoms with Gasteiger partial charge >= 0.3 is 0 Å². The Bertz CT molecular complexity index is 649. The van der Waals surface area contributed by atoms with E-state index < -0.39 is 0 Å². The molecule has 1 aromatic rings. The summed E-state index contributed by atoms with van der Waals surface area (Å²) in [6.45, 7) is 3.05. The van der Waals surface area contributed by atoms with E-state index in [1.54, 1.807) is 4.90 Å². The number of rotatable bonds is 4. The molecule has 24 heavy (non-hydrogen) atoms. The lowest BCUT2D eigenvalue weighted by molar-refractivity contribution is -0.127.